The molecule has 1 saturated heterocycles. The van der Waals surface area contributed by atoms with Crippen molar-refractivity contribution in [3.63, 3.8) is 0 Å². The van der Waals surface area contributed by atoms with Gasteiger partial charge in [0, 0.05) is 19.1 Å². The summed E-state index contributed by atoms with van der Waals surface area (Å²) in [5, 5.41) is 3.05. The highest BCUT2D eigenvalue weighted by atomic mass is 32.1. The number of benzene rings is 1. The molecule has 1 aliphatic heterocycles. The maximum Gasteiger partial charge on any atom is 0.268 e. The lowest BCUT2D eigenvalue weighted by Gasteiger charge is -2.46. The molecular formula is C26H25N5O3S. The molecule has 6 rings (SSSR count). The van der Waals surface area contributed by atoms with E-state index in [0.717, 1.165) is 54.0 Å². The minimum Gasteiger partial charge on any atom is -0.444 e. The SMILES string of the molecule is C=CC(=O)N1CCC2(CC(n3c(NC(=O)c4ccc(-c5nc(C)co5)s4)nc4ccccc43)C2)C1. The van der Waals surface area contributed by atoms with Gasteiger partial charge in [-0.05, 0) is 61.9 Å². The summed E-state index contributed by atoms with van der Waals surface area (Å²) in [5.41, 5.74) is 2.78. The molecule has 2 amide bonds. The molecule has 0 atom stereocenters. The van der Waals surface area contributed by atoms with Gasteiger partial charge in [0.15, 0.2) is 0 Å². The topological polar surface area (TPSA) is 93.3 Å². The van der Waals surface area contributed by atoms with Crippen molar-refractivity contribution in [1.82, 2.24) is 19.4 Å². The number of carbonyl (C=O) groups excluding carboxylic acids is 2. The van der Waals surface area contributed by atoms with E-state index in [1.54, 1.807) is 12.3 Å². The van der Waals surface area contributed by atoms with E-state index in [4.69, 9.17) is 9.40 Å². The van der Waals surface area contributed by atoms with Crippen LogP contribution in [0.1, 0.15) is 40.7 Å². The number of imidazole rings is 1. The fourth-order valence-electron chi connectivity index (χ4n) is 5.42. The van der Waals surface area contributed by atoms with Crippen LogP contribution in [0.2, 0.25) is 0 Å². The Morgan fingerprint density at radius 1 is 1.23 bits per heavy atom. The van der Waals surface area contributed by atoms with E-state index in [-0.39, 0.29) is 23.3 Å². The number of amides is 2. The maximum absolute atomic E-state index is 13.2. The lowest BCUT2D eigenvalue weighted by molar-refractivity contribution is -0.125. The van der Waals surface area contributed by atoms with Crippen molar-refractivity contribution in [2.75, 3.05) is 18.4 Å². The zero-order chi connectivity index (χ0) is 24.2. The number of aromatic nitrogens is 3. The Hall–Kier alpha value is -3.72. The van der Waals surface area contributed by atoms with Crippen molar-refractivity contribution in [2.45, 2.75) is 32.2 Å². The largest absolute Gasteiger partial charge is 0.444 e. The molecule has 0 bridgehead atoms. The number of para-hydroxylation sites is 2. The predicted octanol–water partition coefficient (Wildman–Crippen LogP) is 5.05. The van der Waals surface area contributed by atoms with Crippen molar-refractivity contribution in [3.05, 3.63) is 65.9 Å². The second-order valence-corrected chi connectivity index (χ2v) is 10.6. The van der Waals surface area contributed by atoms with Crippen LogP contribution < -0.4 is 5.32 Å². The van der Waals surface area contributed by atoms with Crippen molar-refractivity contribution < 1.29 is 14.0 Å². The Labute approximate surface area is 206 Å². The van der Waals surface area contributed by atoms with Crippen LogP contribution in [0.3, 0.4) is 0 Å². The van der Waals surface area contributed by atoms with Gasteiger partial charge in [-0.15, -0.1) is 11.3 Å². The van der Waals surface area contributed by atoms with Gasteiger partial charge in [0.1, 0.15) is 6.26 Å². The molecule has 2 fully saturated rings. The molecule has 1 aliphatic carbocycles. The fourth-order valence-corrected chi connectivity index (χ4v) is 6.25. The van der Waals surface area contributed by atoms with Crippen LogP contribution in [0.25, 0.3) is 21.8 Å². The predicted molar refractivity (Wildman–Crippen MR) is 134 cm³/mol. The third-order valence-corrected chi connectivity index (χ3v) is 8.18. The lowest BCUT2D eigenvalue weighted by atomic mass is 9.65. The lowest BCUT2D eigenvalue weighted by Crippen LogP contribution is -2.42. The molecule has 1 saturated carbocycles. The minimum absolute atomic E-state index is 0.00147. The van der Waals surface area contributed by atoms with Crippen LogP contribution in [0.4, 0.5) is 5.95 Å². The molecular weight excluding hydrogens is 462 g/mol. The molecule has 8 nitrogen and oxygen atoms in total. The molecule has 1 spiro atoms. The van der Waals surface area contributed by atoms with Gasteiger partial charge in [-0.2, -0.15) is 0 Å². The third kappa shape index (κ3) is 3.76. The van der Waals surface area contributed by atoms with E-state index >= 15 is 0 Å². The van der Waals surface area contributed by atoms with Crippen molar-refractivity contribution in [3.8, 4) is 10.8 Å². The quantitative estimate of drug-likeness (QED) is 0.398. The van der Waals surface area contributed by atoms with Crippen molar-refractivity contribution >= 4 is 40.1 Å². The average Bonchev–Trinajstić information content (AvgIpc) is 3.61. The number of nitrogens with one attached hydrogen (secondary N) is 1. The first-order valence-electron chi connectivity index (χ1n) is 11.7. The highest BCUT2D eigenvalue weighted by Crippen LogP contribution is 2.55. The summed E-state index contributed by atoms with van der Waals surface area (Å²) in [6, 6.07) is 11.8. The van der Waals surface area contributed by atoms with Gasteiger partial charge in [0.25, 0.3) is 5.91 Å². The van der Waals surface area contributed by atoms with Crippen LogP contribution in [0.15, 0.2) is 59.7 Å². The van der Waals surface area contributed by atoms with Crippen LogP contribution in [-0.2, 0) is 4.79 Å². The number of nitrogens with zero attached hydrogens (tertiary/aromatic N) is 4. The summed E-state index contributed by atoms with van der Waals surface area (Å²) in [5.74, 6) is 0.856. The Morgan fingerprint density at radius 3 is 2.83 bits per heavy atom. The monoisotopic (exact) mass is 487 g/mol. The van der Waals surface area contributed by atoms with Crippen LogP contribution in [-0.4, -0.2) is 44.3 Å². The van der Waals surface area contributed by atoms with Crippen LogP contribution in [0, 0.1) is 12.3 Å². The van der Waals surface area contributed by atoms with E-state index in [1.807, 2.05) is 42.2 Å². The highest BCUT2D eigenvalue weighted by Gasteiger charge is 2.50. The number of thiophene rings is 1. The molecule has 0 radical (unpaired) electrons. The Morgan fingerprint density at radius 2 is 2.06 bits per heavy atom. The molecule has 2 aliphatic rings. The number of aryl methyl sites for hydroxylation is 1. The Bertz CT molecular complexity index is 1460. The zero-order valence-corrected chi connectivity index (χ0v) is 20.2. The number of hydrogen-bond acceptors (Lipinski definition) is 6. The van der Waals surface area contributed by atoms with Gasteiger partial charge < -0.3 is 13.9 Å². The number of hydrogen-bond donors (Lipinski definition) is 1. The molecule has 1 aromatic carbocycles. The van der Waals surface area contributed by atoms with Gasteiger partial charge in [-0.1, -0.05) is 18.7 Å². The first-order valence-corrected chi connectivity index (χ1v) is 12.5. The molecule has 0 unspecified atom stereocenters. The molecule has 1 N–H and O–H groups in total. The number of likely N-dealkylation sites (tertiary alicyclic amines) is 1. The first kappa shape index (κ1) is 21.8. The van der Waals surface area contributed by atoms with Crippen LogP contribution >= 0.6 is 11.3 Å². The second-order valence-electron chi connectivity index (χ2n) is 9.48. The zero-order valence-electron chi connectivity index (χ0n) is 19.4. The van der Waals surface area contributed by atoms with Crippen molar-refractivity contribution in [2.24, 2.45) is 5.41 Å². The Balaban J connectivity index is 1.24. The summed E-state index contributed by atoms with van der Waals surface area (Å²) >= 11 is 1.34. The maximum atomic E-state index is 13.2. The molecule has 4 aromatic rings. The van der Waals surface area contributed by atoms with E-state index in [1.165, 1.54) is 17.4 Å². The Kier molecular flexibility index (Phi) is 5.10. The molecule has 35 heavy (non-hydrogen) atoms. The van der Waals surface area contributed by atoms with E-state index < -0.39 is 0 Å². The van der Waals surface area contributed by atoms with E-state index in [9.17, 15) is 9.59 Å². The first-order chi connectivity index (χ1) is 16.9. The summed E-state index contributed by atoms with van der Waals surface area (Å²) in [7, 11) is 0. The van der Waals surface area contributed by atoms with Gasteiger partial charge in [-0.3, -0.25) is 14.9 Å². The molecule has 178 valence electrons. The standard InChI is InChI=1S/C26H25N5O3S/c1-3-22(32)30-11-10-26(15-30)12-17(13-26)31-19-7-5-4-6-18(19)28-25(31)29-23(33)20-8-9-21(35-20)24-27-16(2)14-34-24/h3-9,14,17H,1,10-13,15H2,2H3,(H,28,29,33). The normalized spacial score (nSPS) is 21.4. The van der Waals surface area contributed by atoms with Gasteiger partial charge in [0.2, 0.25) is 17.7 Å². The van der Waals surface area contributed by atoms with Gasteiger partial charge in [0.05, 0.1) is 26.5 Å². The number of anilines is 1. The summed E-state index contributed by atoms with van der Waals surface area (Å²) in [6.07, 6.45) is 5.88. The van der Waals surface area contributed by atoms with E-state index in [2.05, 4.69) is 21.4 Å². The summed E-state index contributed by atoms with van der Waals surface area (Å²) in [4.78, 5) is 37.6. The third-order valence-electron chi connectivity index (χ3n) is 7.11. The molecule has 9 heteroatoms. The van der Waals surface area contributed by atoms with Gasteiger partial charge >= 0.3 is 0 Å². The van der Waals surface area contributed by atoms with Gasteiger partial charge in [-0.25, -0.2) is 9.97 Å². The molecule has 4 heterocycles. The number of rotatable bonds is 5. The number of carbonyl (C=O) groups is 2. The number of fused-ring (bicyclic) bond motifs is 1. The molecule has 3 aromatic heterocycles. The van der Waals surface area contributed by atoms with Crippen molar-refractivity contribution in [1.29, 1.82) is 0 Å². The van der Waals surface area contributed by atoms with Crippen LogP contribution in [0.5, 0.6) is 0 Å². The average molecular weight is 488 g/mol. The smallest absolute Gasteiger partial charge is 0.268 e. The fraction of sp³-hybridized carbons (Fsp3) is 0.308. The highest BCUT2D eigenvalue weighted by molar-refractivity contribution is 7.17. The summed E-state index contributed by atoms with van der Waals surface area (Å²) < 4.78 is 7.63. The minimum atomic E-state index is -0.209. The second kappa shape index (κ2) is 8.20. The van der Waals surface area contributed by atoms with E-state index in [0.29, 0.717) is 16.7 Å². The summed E-state index contributed by atoms with van der Waals surface area (Å²) in [6.45, 7) is 7.02. The number of oxazole rings is 1.